The normalized spacial score (nSPS) is 13.2. The molecule has 0 fully saturated rings. The Kier molecular flexibility index (Phi) is 12.4. The standard InChI is InChI=1S/C36H45N3O9/c1-21(40)38-26-14-12-22-17-29(43-2)35(47-6)36(48-7)33(22)24-13-15-27(28(41)20-25(24)26)37-16-10-8-9-11-32(42)39-23-18-30(44-3)34(46-5)31(19-23)45-4/h13,15,17-20,26H,8-12,14,16H2,1-7H3,(H,37,41)(H,38,40)(H,39,42)/t26-/m0/s1. The summed E-state index contributed by atoms with van der Waals surface area (Å²) in [6.07, 6.45) is 3.72. The third kappa shape index (κ3) is 8.04. The Hall–Kier alpha value is -5.13. The molecule has 4 rings (SSSR count). The van der Waals surface area contributed by atoms with Gasteiger partial charge in [0.1, 0.15) is 0 Å². The van der Waals surface area contributed by atoms with Gasteiger partial charge >= 0.3 is 0 Å². The topological polar surface area (TPSA) is 143 Å². The van der Waals surface area contributed by atoms with Gasteiger partial charge in [-0.2, -0.15) is 0 Å². The van der Waals surface area contributed by atoms with Crippen LogP contribution in [0.4, 0.5) is 11.4 Å². The van der Waals surface area contributed by atoms with Gasteiger partial charge in [0, 0.05) is 43.3 Å². The van der Waals surface area contributed by atoms with Crippen molar-refractivity contribution in [2.75, 3.05) is 59.8 Å². The van der Waals surface area contributed by atoms with Gasteiger partial charge in [0.15, 0.2) is 23.0 Å². The monoisotopic (exact) mass is 663 g/mol. The zero-order valence-corrected chi connectivity index (χ0v) is 28.7. The van der Waals surface area contributed by atoms with Crippen molar-refractivity contribution in [1.29, 1.82) is 0 Å². The van der Waals surface area contributed by atoms with Crippen LogP contribution in [0.5, 0.6) is 34.5 Å². The first-order chi connectivity index (χ1) is 23.2. The largest absolute Gasteiger partial charge is 0.493 e. The first-order valence-electron chi connectivity index (χ1n) is 15.8. The fraction of sp³-hybridized carbons (Fsp3) is 0.417. The van der Waals surface area contributed by atoms with E-state index < -0.39 is 0 Å². The summed E-state index contributed by atoms with van der Waals surface area (Å²) in [6, 6.07) is 10.2. The summed E-state index contributed by atoms with van der Waals surface area (Å²) in [5, 5.41) is 9.18. The zero-order chi connectivity index (χ0) is 34.8. The molecule has 12 heteroatoms. The summed E-state index contributed by atoms with van der Waals surface area (Å²) >= 11 is 0. The van der Waals surface area contributed by atoms with Gasteiger partial charge in [-0.15, -0.1) is 0 Å². The molecule has 258 valence electrons. The quantitative estimate of drug-likeness (QED) is 0.179. The van der Waals surface area contributed by atoms with E-state index in [9.17, 15) is 14.4 Å². The number of hydrogen-bond acceptors (Lipinski definition) is 10. The smallest absolute Gasteiger partial charge is 0.224 e. The summed E-state index contributed by atoms with van der Waals surface area (Å²) in [6.45, 7) is 2.01. The van der Waals surface area contributed by atoms with Crippen molar-refractivity contribution >= 4 is 23.2 Å². The van der Waals surface area contributed by atoms with Crippen LogP contribution in [0, 0.1) is 0 Å². The van der Waals surface area contributed by atoms with Crippen LogP contribution >= 0.6 is 0 Å². The number of ether oxygens (including phenoxy) is 6. The van der Waals surface area contributed by atoms with E-state index in [1.54, 1.807) is 45.6 Å². The number of nitrogens with one attached hydrogen (secondary N) is 3. The number of benzene rings is 2. The summed E-state index contributed by atoms with van der Waals surface area (Å²) in [5.41, 5.74) is 4.01. The number of anilines is 2. The predicted molar refractivity (Wildman–Crippen MR) is 184 cm³/mol. The molecule has 0 saturated carbocycles. The van der Waals surface area contributed by atoms with E-state index in [0.717, 1.165) is 29.5 Å². The lowest BCUT2D eigenvalue weighted by atomic mass is 9.95. The van der Waals surface area contributed by atoms with Crippen LogP contribution in [0.15, 0.2) is 41.2 Å². The van der Waals surface area contributed by atoms with Crippen molar-refractivity contribution in [3.05, 3.63) is 57.7 Å². The number of carbonyl (C=O) groups is 2. The van der Waals surface area contributed by atoms with Gasteiger partial charge < -0.3 is 44.4 Å². The summed E-state index contributed by atoms with van der Waals surface area (Å²) in [4.78, 5) is 38.3. The number of amides is 2. The molecule has 0 radical (unpaired) electrons. The Bertz CT molecular complexity index is 1670. The maximum atomic E-state index is 13.5. The van der Waals surface area contributed by atoms with E-state index in [1.807, 2.05) is 12.1 Å². The van der Waals surface area contributed by atoms with Crippen LogP contribution in [0.2, 0.25) is 0 Å². The first kappa shape index (κ1) is 35.7. The second-order valence-corrected chi connectivity index (χ2v) is 11.3. The van der Waals surface area contributed by atoms with Gasteiger partial charge in [-0.05, 0) is 60.6 Å². The molecule has 3 N–H and O–H groups in total. The Morgan fingerprint density at radius 3 is 2.02 bits per heavy atom. The van der Waals surface area contributed by atoms with Crippen molar-refractivity contribution < 1.29 is 38.0 Å². The van der Waals surface area contributed by atoms with Crippen LogP contribution in [0.25, 0.3) is 11.1 Å². The van der Waals surface area contributed by atoms with Crippen molar-refractivity contribution in [2.45, 2.75) is 51.5 Å². The summed E-state index contributed by atoms with van der Waals surface area (Å²) in [5.74, 6) is 2.53. The molecular formula is C36H45N3O9. The number of methoxy groups -OCH3 is 6. The van der Waals surface area contributed by atoms with Crippen molar-refractivity contribution in [3.63, 3.8) is 0 Å². The van der Waals surface area contributed by atoms with Crippen LogP contribution in [0.3, 0.4) is 0 Å². The molecule has 0 aromatic heterocycles. The molecule has 2 amide bonds. The van der Waals surface area contributed by atoms with Gasteiger partial charge in [0.05, 0.1) is 54.4 Å². The zero-order valence-electron chi connectivity index (χ0n) is 28.7. The van der Waals surface area contributed by atoms with Crippen molar-refractivity contribution in [3.8, 4) is 45.6 Å². The highest BCUT2D eigenvalue weighted by Gasteiger charge is 2.29. The Labute approximate surface area is 281 Å². The molecule has 1 aliphatic rings. The van der Waals surface area contributed by atoms with Crippen molar-refractivity contribution in [2.24, 2.45) is 0 Å². The second-order valence-electron chi connectivity index (χ2n) is 11.3. The summed E-state index contributed by atoms with van der Waals surface area (Å²) < 4.78 is 33.2. The van der Waals surface area contributed by atoms with Gasteiger partial charge in [-0.1, -0.05) is 12.5 Å². The number of unbranched alkanes of at least 4 members (excludes halogenated alkanes) is 2. The fourth-order valence-corrected chi connectivity index (χ4v) is 6.04. The van der Waals surface area contributed by atoms with Gasteiger partial charge in [-0.25, -0.2) is 0 Å². The highest BCUT2D eigenvalue weighted by Crippen LogP contribution is 2.50. The maximum Gasteiger partial charge on any atom is 0.224 e. The fourth-order valence-electron chi connectivity index (χ4n) is 6.04. The summed E-state index contributed by atoms with van der Waals surface area (Å²) in [7, 11) is 9.25. The highest BCUT2D eigenvalue weighted by atomic mass is 16.5. The molecule has 0 aliphatic heterocycles. The minimum absolute atomic E-state index is 0.130. The van der Waals surface area contributed by atoms with E-state index >= 15 is 0 Å². The Morgan fingerprint density at radius 2 is 1.42 bits per heavy atom. The van der Waals surface area contributed by atoms with E-state index in [-0.39, 0.29) is 23.3 Å². The van der Waals surface area contributed by atoms with Crippen molar-refractivity contribution in [1.82, 2.24) is 5.32 Å². The van der Waals surface area contributed by atoms with Gasteiger partial charge in [0.25, 0.3) is 0 Å². The minimum atomic E-state index is -0.384. The van der Waals surface area contributed by atoms with Crippen LogP contribution in [-0.4, -0.2) is 61.0 Å². The molecule has 3 aromatic rings. The number of rotatable bonds is 15. The third-order valence-electron chi connectivity index (χ3n) is 8.26. The molecule has 1 aliphatic carbocycles. The molecule has 0 unspecified atom stereocenters. The molecule has 48 heavy (non-hydrogen) atoms. The lowest BCUT2D eigenvalue weighted by molar-refractivity contribution is -0.119. The van der Waals surface area contributed by atoms with Gasteiger partial charge in [-0.3, -0.25) is 14.4 Å². The Balaban J connectivity index is 1.46. The molecule has 12 nitrogen and oxygen atoms in total. The van der Waals surface area contributed by atoms with Crippen LogP contribution in [0.1, 0.15) is 56.2 Å². The first-order valence-corrected chi connectivity index (χ1v) is 15.8. The molecule has 1 atom stereocenters. The maximum absolute atomic E-state index is 13.5. The van der Waals surface area contributed by atoms with Gasteiger partial charge in [0.2, 0.25) is 28.7 Å². The van der Waals surface area contributed by atoms with E-state index in [4.69, 9.17) is 28.4 Å². The average Bonchev–Trinajstić information content (AvgIpc) is 3.32. The molecule has 0 saturated heterocycles. The third-order valence-corrected chi connectivity index (χ3v) is 8.26. The van der Waals surface area contributed by atoms with E-state index in [2.05, 4.69) is 16.0 Å². The minimum Gasteiger partial charge on any atom is -0.493 e. The Morgan fingerprint density at radius 1 is 0.771 bits per heavy atom. The molecule has 0 heterocycles. The molecule has 0 spiro atoms. The van der Waals surface area contributed by atoms with E-state index in [1.165, 1.54) is 28.3 Å². The number of aryl methyl sites for hydroxylation is 1. The highest BCUT2D eigenvalue weighted by molar-refractivity contribution is 5.91. The lowest BCUT2D eigenvalue weighted by Crippen LogP contribution is -2.26. The number of hydrogen-bond donors (Lipinski definition) is 3. The predicted octanol–water partition coefficient (Wildman–Crippen LogP) is 5.50. The number of fused-ring (bicyclic) bond motifs is 3. The van der Waals surface area contributed by atoms with E-state index in [0.29, 0.717) is 83.7 Å². The van der Waals surface area contributed by atoms with Crippen LogP contribution < -0.4 is 49.8 Å². The number of carbonyl (C=O) groups excluding carboxylic acids is 2. The van der Waals surface area contributed by atoms with Crippen LogP contribution in [-0.2, 0) is 16.0 Å². The average molecular weight is 664 g/mol. The lowest BCUT2D eigenvalue weighted by Gasteiger charge is -2.19. The second kappa shape index (κ2) is 16.6. The molecule has 0 bridgehead atoms. The molecular weight excluding hydrogens is 618 g/mol. The molecule has 3 aromatic carbocycles. The SMILES string of the molecule is COc1cc(NC(=O)CCCCCNc2ccc3c(cc2=O)[C@@H](NC(C)=O)CCc2cc(OC)c(OC)c(OC)c2-3)cc(OC)c1OC.